The maximum atomic E-state index is 11.0. The zero-order valence-corrected chi connectivity index (χ0v) is 14.9. The first-order chi connectivity index (χ1) is 11.0. The number of halogens is 1. The Bertz CT molecular complexity index is 655. The summed E-state index contributed by atoms with van der Waals surface area (Å²) in [4.78, 5) is 11.0. The molecule has 1 heterocycles. The number of thioether (sulfide) groups is 1. The lowest BCUT2D eigenvalue weighted by Crippen LogP contribution is -2.15. The number of aromatic nitrogens is 3. The number of hydrogen-bond donors (Lipinski definition) is 1. The second kappa shape index (κ2) is 8.36. The molecule has 0 fully saturated rings. The summed E-state index contributed by atoms with van der Waals surface area (Å²) in [5.74, 6) is 1.76. The molecule has 0 aliphatic carbocycles. The third-order valence-electron chi connectivity index (χ3n) is 3.22. The number of carbonyl (C=O) groups is 1. The van der Waals surface area contributed by atoms with Crippen LogP contribution >= 0.6 is 23.4 Å². The number of carbonyl (C=O) groups excluding carboxylic acids is 1. The van der Waals surface area contributed by atoms with Crippen LogP contribution in [-0.2, 0) is 23.5 Å². The normalized spacial score (nSPS) is 11.1. The Morgan fingerprint density at radius 3 is 2.61 bits per heavy atom. The van der Waals surface area contributed by atoms with Crippen molar-refractivity contribution in [2.75, 3.05) is 0 Å². The van der Waals surface area contributed by atoms with E-state index < -0.39 is 0 Å². The van der Waals surface area contributed by atoms with Gasteiger partial charge in [-0.15, -0.1) is 10.2 Å². The quantitative estimate of drug-likeness (QED) is 0.740. The molecule has 1 aromatic carbocycles. The Balaban J connectivity index is 2.10. The highest BCUT2D eigenvalue weighted by Crippen LogP contribution is 2.24. The Kier molecular flexibility index (Phi) is 6.47. The van der Waals surface area contributed by atoms with Gasteiger partial charge in [0.2, 0.25) is 5.91 Å². The standard InChI is InChI=1S/C16H21ClN4OS/c1-11(2)9-21-15(8-7-14(18)22)19-20-16(21)23-10-12-3-5-13(17)6-4-12/h3-6,11H,7-10H2,1-2H3,(H2,18,22). The van der Waals surface area contributed by atoms with E-state index >= 15 is 0 Å². The van der Waals surface area contributed by atoms with Crippen molar-refractivity contribution in [3.05, 3.63) is 40.7 Å². The first-order valence-corrected chi connectivity index (χ1v) is 8.89. The van der Waals surface area contributed by atoms with Crippen molar-refractivity contribution >= 4 is 29.3 Å². The van der Waals surface area contributed by atoms with Gasteiger partial charge in [0.25, 0.3) is 0 Å². The molecule has 2 rings (SSSR count). The zero-order valence-electron chi connectivity index (χ0n) is 13.3. The predicted molar refractivity (Wildman–Crippen MR) is 93.4 cm³/mol. The second-order valence-corrected chi connectivity index (χ2v) is 7.16. The van der Waals surface area contributed by atoms with Crippen molar-refractivity contribution in [2.24, 2.45) is 11.7 Å². The van der Waals surface area contributed by atoms with Crippen LogP contribution in [0, 0.1) is 5.92 Å². The molecule has 124 valence electrons. The summed E-state index contributed by atoms with van der Waals surface area (Å²) in [6.45, 7) is 5.11. The Labute approximate surface area is 145 Å². The van der Waals surface area contributed by atoms with Gasteiger partial charge in [0.05, 0.1) is 0 Å². The molecule has 0 spiro atoms. The summed E-state index contributed by atoms with van der Waals surface area (Å²) < 4.78 is 2.09. The van der Waals surface area contributed by atoms with Crippen LogP contribution in [0.25, 0.3) is 0 Å². The molecule has 2 aromatic rings. The highest BCUT2D eigenvalue weighted by molar-refractivity contribution is 7.98. The van der Waals surface area contributed by atoms with Gasteiger partial charge in [-0.05, 0) is 23.6 Å². The number of benzene rings is 1. The van der Waals surface area contributed by atoms with E-state index in [9.17, 15) is 4.79 Å². The number of primary amides is 1. The van der Waals surface area contributed by atoms with Crippen molar-refractivity contribution in [2.45, 2.75) is 44.1 Å². The van der Waals surface area contributed by atoms with E-state index in [-0.39, 0.29) is 12.3 Å². The van der Waals surface area contributed by atoms with E-state index in [2.05, 4.69) is 28.6 Å². The molecule has 1 aromatic heterocycles. The summed E-state index contributed by atoms with van der Waals surface area (Å²) in [6, 6.07) is 7.78. The van der Waals surface area contributed by atoms with Gasteiger partial charge < -0.3 is 10.3 Å². The van der Waals surface area contributed by atoms with Gasteiger partial charge in [-0.1, -0.05) is 49.3 Å². The average Bonchev–Trinajstić information content (AvgIpc) is 2.86. The lowest BCUT2D eigenvalue weighted by Gasteiger charge is -2.12. The third kappa shape index (κ3) is 5.55. The lowest BCUT2D eigenvalue weighted by molar-refractivity contribution is -0.118. The molecule has 5 nitrogen and oxygen atoms in total. The second-order valence-electron chi connectivity index (χ2n) is 5.78. The summed E-state index contributed by atoms with van der Waals surface area (Å²) in [5, 5.41) is 10.1. The Hall–Kier alpha value is -1.53. The summed E-state index contributed by atoms with van der Waals surface area (Å²) in [6.07, 6.45) is 0.814. The molecule has 2 N–H and O–H groups in total. The van der Waals surface area contributed by atoms with Crippen molar-refractivity contribution in [3.8, 4) is 0 Å². The minimum atomic E-state index is -0.320. The van der Waals surface area contributed by atoms with Crippen molar-refractivity contribution in [3.63, 3.8) is 0 Å². The lowest BCUT2D eigenvalue weighted by atomic mass is 10.2. The van der Waals surface area contributed by atoms with Crippen LogP contribution in [0.3, 0.4) is 0 Å². The van der Waals surface area contributed by atoms with Gasteiger partial charge >= 0.3 is 0 Å². The number of nitrogens with zero attached hydrogens (tertiary/aromatic N) is 3. The first kappa shape index (κ1) is 17.8. The van der Waals surface area contributed by atoms with Crippen LogP contribution in [0.5, 0.6) is 0 Å². The van der Waals surface area contributed by atoms with Crippen LogP contribution in [0.1, 0.15) is 31.7 Å². The number of nitrogens with two attached hydrogens (primary N) is 1. The molecule has 0 bridgehead atoms. The van der Waals surface area contributed by atoms with E-state index in [1.165, 1.54) is 5.56 Å². The van der Waals surface area contributed by atoms with Gasteiger partial charge in [-0.2, -0.15) is 0 Å². The highest BCUT2D eigenvalue weighted by Gasteiger charge is 2.14. The van der Waals surface area contributed by atoms with Crippen molar-refractivity contribution in [1.82, 2.24) is 14.8 Å². The van der Waals surface area contributed by atoms with Crippen LogP contribution in [0.15, 0.2) is 29.4 Å². The fourth-order valence-electron chi connectivity index (χ4n) is 2.12. The van der Waals surface area contributed by atoms with E-state index in [0.29, 0.717) is 12.3 Å². The fourth-order valence-corrected chi connectivity index (χ4v) is 3.17. The molecule has 23 heavy (non-hydrogen) atoms. The summed E-state index contributed by atoms with van der Waals surface area (Å²) in [7, 11) is 0. The monoisotopic (exact) mass is 352 g/mol. The number of rotatable bonds is 8. The van der Waals surface area contributed by atoms with E-state index in [4.69, 9.17) is 17.3 Å². The molecule has 7 heteroatoms. The van der Waals surface area contributed by atoms with Gasteiger partial charge in [0, 0.05) is 30.2 Å². The van der Waals surface area contributed by atoms with Crippen molar-refractivity contribution < 1.29 is 4.79 Å². The first-order valence-electron chi connectivity index (χ1n) is 7.53. The molecular weight excluding hydrogens is 332 g/mol. The van der Waals surface area contributed by atoms with Gasteiger partial charge in [0.1, 0.15) is 5.82 Å². The van der Waals surface area contributed by atoms with E-state index in [1.54, 1.807) is 11.8 Å². The largest absolute Gasteiger partial charge is 0.370 e. The SMILES string of the molecule is CC(C)Cn1c(CCC(N)=O)nnc1SCc1ccc(Cl)cc1. The minimum absolute atomic E-state index is 0.290. The molecule has 0 aliphatic heterocycles. The van der Waals surface area contributed by atoms with Crippen LogP contribution in [0.4, 0.5) is 0 Å². The van der Waals surface area contributed by atoms with Gasteiger partial charge in [-0.25, -0.2) is 0 Å². The van der Waals surface area contributed by atoms with Gasteiger partial charge in [0.15, 0.2) is 5.16 Å². The Morgan fingerprint density at radius 2 is 2.00 bits per heavy atom. The number of hydrogen-bond acceptors (Lipinski definition) is 4. The fraction of sp³-hybridized carbons (Fsp3) is 0.438. The highest BCUT2D eigenvalue weighted by atomic mass is 35.5. The maximum absolute atomic E-state index is 11.0. The minimum Gasteiger partial charge on any atom is -0.370 e. The van der Waals surface area contributed by atoms with E-state index in [1.807, 2.05) is 24.3 Å². The van der Waals surface area contributed by atoms with Crippen LogP contribution in [-0.4, -0.2) is 20.7 Å². The average molecular weight is 353 g/mol. The number of aryl methyl sites for hydroxylation is 1. The third-order valence-corrected chi connectivity index (χ3v) is 4.51. The van der Waals surface area contributed by atoms with Crippen LogP contribution in [0.2, 0.25) is 5.02 Å². The summed E-state index contributed by atoms with van der Waals surface area (Å²) >= 11 is 7.54. The molecule has 0 saturated heterocycles. The van der Waals surface area contributed by atoms with E-state index in [0.717, 1.165) is 28.3 Å². The molecule has 0 atom stereocenters. The smallest absolute Gasteiger partial charge is 0.217 e. The van der Waals surface area contributed by atoms with Crippen molar-refractivity contribution in [1.29, 1.82) is 0 Å². The molecule has 0 aliphatic rings. The topological polar surface area (TPSA) is 73.8 Å². The maximum Gasteiger partial charge on any atom is 0.217 e. The molecule has 1 amide bonds. The summed E-state index contributed by atoms with van der Waals surface area (Å²) in [5.41, 5.74) is 6.41. The molecule has 0 unspecified atom stereocenters. The van der Waals surface area contributed by atoms with Gasteiger partial charge in [-0.3, -0.25) is 4.79 Å². The van der Waals surface area contributed by atoms with Crippen LogP contribution < -0.4 is 5.73 Å². The Morgan fingerprint density at radius 1 is 1.30 bits per heavy atom. The predicted octanol–water partition coefficient (Wildman–Crippen LogP) is 3.30. The molecular formula is C16H21ClN4OS. The molecule has 0 saturated carbocycles. The number of amides is 1. The zero-order chi connectivity index (χ0) is 16.8. The molecule has 0 radical (unpaired) electrons.